The van der Waals surface area contributed by atoms with Gasteiger partial charge in [-0.25, -0.2) is 9.59 Å². The molecule has 0 saturated heterocycles. The summed E-state index contributed by atoms with van der Waals surface area (Å²) in [5.74, 6) is -1.58. The first-order valence-electron chi connectivity index (χ1n) is 8.46. The first-order valence-corrected chi connectivity index (χ1v) is 9.78. The van der Waals surface area contributed by atoms with Crippen molar-refractivity contribution in [3.05, 3.63) is 65.7 Å². The van der Waals surface area contributed by atoms with E-state index in [0.717, 1.165) is 0 Å². The minimum absolute atomic E-state index is 0.136. The zero-order valence-corrected chi connectivity index (χ0v) is 16.4. The summed E-state index contributed by atoms with van der Waals surface area (Å²) in [6.07, 6.45) is 0.136. The molecule has 0 radical (unpaired) electrons. The molecule has 2 rings (SSSR count). The molecule has 8 heteroatoms. The van der Waals surface area contributed by atoms with E-state index in [1.807, 2.05) is 6.07 Å². The van der Waals surface area contributed by atoms with Gasteiger partial charge in [0.2, 0.25) is 0 Å². The fourth-order valence-electron chi connectivity index (χ4n) is 2.45. The van der Waals surface area contributed by atoms with E-state index in [9.17, 15) is 18.6 Å². The Morgan fingerprint density at radius 3 is 2.29 bits per heavy atom. The maximum absolute atomic E-state index is 12.5. The van der Waals surface area contributed by atoms with Crippen LogP contribution in [0.4, 0.5) is 0 Å². The van der Waals surface area contributed by atoms with Crippen LogP contribution in [0.1, 0.15) is 27.1 Å². The molecule has 0 aliphatic carbocycles. The highest BCUT2D eigenvalue weighted by Crippen LogP contribution is 2.10. The number of methoxy groups -OCH3 is 2. The SMILES string of the molecule is COC(=O)c1cccc(C(=O)N[C@@H](CC[S@](=O)c2ccccc2)C(=O)OC)c1. The molecule has 2 atom stereocenters. The third-order valence-corrected chi connectivity index (χ3v) is 5.34. The van der Waals surface area contributed by atoms with Crippen molar-refractivity contribution in [3.63, 3.8) is 0 Å². The summed E-state index contributed by atoms with van der Waals surface area (Å²) in [6, 6.07) is 13.8. The highest BCUT2D eigenvalue weighted by atomic mass is 32.2. The normalized spacial score (nSPS) is 12.5. The number of esters is 2. The monoisotopic (exact) mass is 403 g/mol. The number of hydrogen-bond acceptors (Lipinski definition) is 6. The van der Waals surface area contributed by atoms with Gasteiger partial charge in [0.1, 0.15) is 6.04 Å². The molecule has 0 spiro atoms. The summed E-state index contributed by atoms with van der Waals surface area (Å²) >= 11 is 0. The van der Waals surface area contributed by atoms with E-state index in [1.165, 1.54) is 32.4 Å². The van der Waals surface area contributed by atoms with Gasteiger partial charge < -0.3 is 14.8 Å². The summed E-state index contributed by atoms with van der Waals surface area (Å²) < 4.78 is 21.7. The van der Waals surface area contributed by atoms with Crippen molar-refractivity contribution in [1.82, 2.24) is 5.32 Å². The molecule has 0 fully saturated rings. The minimum atomic E-state index is -1.31. The molecule has 0 bridgehead atoms. The second kappa shape index (κ2) is 10.4. The van der Waals surface area contributed by atoms with Crippen molar-refractivity contribution in [2.45, 2.75) is 17.4 Å². The summed E-state index contributed by atoms with van der Waals surface area (Å²) in [5, 5.41) is 2.57. The zero-order chi connectivity index (χ0) is 20.5. The molecule has 148 valence electrons. The average molecular weight is 403 g/mol. The van der Waals surface area contributed by atoms with Crippen molar-refractivity contribution in [2.75, 3.05) is 20.0 Å². The van der Waals surface area contributed by atoms with E-state index in [4.69, 9.17) is 4.74 Å². The van der Waals surface area contributed by atoms with Crippen LogP contribution < -0.4 is 5.32 Å². The van der Waals surface area contributed by atoms with Gasteiger partial charge in [0, 0.05) is 16.2 Å². The second-order valence-corrected chi connectivity index (χ2v) is 7.34. The molecule has 0 heterocycles. The molecule has 2 aromatic rings. The Kier molecular flexibility index (Phi) is 7.88. The first-order chi connectivity index (χ1) is 13.5. The number of ether oxygens (including phenoxy) is 2. The van der Waals surface area contributed by atoms with E-state index in [2.05, 4.69) is 10.1 Å². The molecule has 0 aliphatic heterocycles. The quantitative estimate of drug-likeness (QED) is 0.677. The maximum Gasteiger partial charge on any atom is 0.337 e. The van der Waals surface area contributed by atoms with E-state index in [-0.39, 0.29) is 23.3 Å². The van der Waals surface area contributed by atoms with Crippen LogP contribution in [-0.2, 0) is 25.1 Å². The molecule has 7 nitrogen and oxygen atoms in total. The molecular formula is C20H21NO6S. The molecule has 0 unspecified atom stereocenters. The summed E-state index contributed by atoms with van der Waals surface area (Å²) in [7, 11) is 1.15. The topological polar surface area (TPSA) is 98.8 Å². The Morgan fingerprint density at radius 2 is 1.64 bits per heavy atom. The van der Waals surface area contributed by atoms with Gasteiger partial charge in [-0.2, -0.15) is 0 Å². The predicted molar refractivity (Wildman–Crippen MR) is 103 cm³/mol. The molecule has 1 N–H and O–H groups in total. The number of carbonyl (C=O) groups excluding carboxylic acids is 3. The van der Waals surface area contributed by atoms with Crippen molar-refractivity contribution < 1.29 is 28.1 Å². The average Bonchev–Trinajstić information content (AvgIpc) is 2.75. The van der Waals surface area contributed by atoms with Crippen molar-refractivity contribution >= 4 is 28.6 Å². The lowest BCUT2D eigenvalue weighted by Crippen LogP contribution is -2.42. The Morgan fingerprint density at radius 1 is 0.964 bits per heavy atom. The minimum Gasteiger partial charge on any atom is -0.467 e. The predicted octanol–water partition coefficient (Wildman–Crippen LogP) is 1.94. The lowest BCUT2D eigenvalue weighted by molar-refractivity contribution is -0.142. The van der Waals surface area contributed by atoms with Crippen LogP contribution in [0.15, 0.2) is 59.5 Å². The van der Waals surface area contributed by atoms with Crippen LogP contribution in [-0.4, -0.2) is 48.1 Å². The van der Waals surface area contributed by atoms with Crippen LogP contribution in [0.3, 0.4) is 0 Å². The van der Waals surface area contributed by atoms with Gasteiger partial charge in [-0.1, -0.05) is 24.3 Å². The van der Waals surface area contributed by atoms with Crippen LogP contribution in [0.25, 0.3) is 0 Å². The number of carbonyl (C=O) groups is 3. The standard InChI is InChI=1S/C20H21NO6S/c1-26-19(23)15-8-6-7-14(13-15)18(22)21-17(20(24)27-2)11-12-28(25)16-9-4-3-5-10-16/h3-10,13,17H,11-12H2,1-2H3,(H,21,22)/t17-,28-/m0/s1. The van der Waals surface area contributed by atoms with Gasteiger partial charge in [-0.15, -0.1) is 0 Å². The highest BCUT2D eigenvalue weighted by Gasteiger charge is 2.23. The van der Waals surface area contributed by atoms with Gasteiger partial charge in [0.15, 0.2) is 0 Å². The number of nitrogens with one attached hydrogen (secondary N) is 1. The fourth-order valence-corrected chi connectivity index (χ4v) is 3.60. The van der Waals surface area contributed by atoms with Gasteiger partial charge >= 0.3 is 11.9 Å². The lowest BCUT2D eigenvalue weighted by atomic mass is 10.1. The molecular weight excluding hydrogens is 382 g/mol. The lowest BCUT2D eigenvalue weighted by Gasteiger charge is -2.16. The number of benzene rings is 2. The smallest absolute Gasteiger partial charge is 0.337 e. The highest BCUT2D eigenvalue weighted by molar-refractivity contribution is 7.85. The Balaban J connectivity index is 2.07. The first kappa shape index (κ1) is 21.3. The zero-order valence-electron chi connectivity index (χ0n) is 15.5. The van der Waals surface area contributed by atoms with Crippen LogP contribution >= 0.6 is 0 Å². The second-order valence-electron chi connectivity index (χ2n) is 5.77. The third kappa shape index (κ3) is 5.75. The molecule has 0 aliphatic rings. The molecule has 0 aromatic heterocycles. The van der Waals surface area contributed by atoms with Crippen molar-refractivity contribution in [2.24, 2.45) is 0 Å². The Hall–Kier alpha value is -3.00. The van der Waals surface area contributed by atoms with E-state index in [1.54, 1.807) is 30.3 Å². The largest absolute Gasteiger partial charge is 0.467 e. The molecule has 2 aromatic carbocycles. The van der Waals surface area contributed by atoms with Gasteiger partial charge in [-0.3, -0.25) is 9.00 Å². The summed E-state index contributed by atoms with van der Waals surface area (Å²) in [5.41, 5.74) is 0.413. The number of hydrogen-bond donors (Lipinski definition) is 1. The van der Waals surface area contributed by atoms with E-state index >= 15 is 0 Å². The van der Waals surface area contributed by atoms with Crippen LogP contribution in [0.2, 0.25) is 0 Å². The Labute approximate surface area is 165 Å². The maximum atomic E-state index is 12.5. The molecule has 0 saturated carbocycles. The van der Waals surface area contributed by atoms with Gasteiger partial charge in [-0.05, 0) is 36.8 Å². The third-order valence-electron chi connectivity index (χ3n) is 3.93. The van der Waals surface area contributed by atoms with E-state index in [0.29, 0.717) is 4.90 Å². The van der Waals surface area contributed by atoms with Crippen molar-refractivity contribution in [1.29, 1.82) is 0 Å². The molecule has 1 amide bonds. The number of amides is 1. The Bertz CT molecular complexity index is 868. The van der Waals surface area contributed by atoms with Crippen molar-refractivity contribution in [3.8, 4) is 0 Å². The van der Waals surface area contributed by atoms with Crippen LogP contribution in [0, 0.1) is 0 Å². The fraction of sp³-hybridized carbons (Fsp3) is 0.250. The van der Waals surface area contributed by atoms with Crippen LogP contribution in [0.5, 0.6) is 0 Å². The van der Waals surface area contributed by atoms with Gasteiger partial charge in [0.25, 0.3) is 5.91 Å². The summed E-state index contributed by atoms with van der Waals surface area (Å²) in [4.78, 5) is 36.8. The van der Waals surface area contributed by atoms with Gasteiger partial charge in [0.05, 0.1) is 30.6 Å². The molecule has 28 heavy (non-hydrogen) atoms. The summed E-state index contributed by atoms with van der Waals surface area (Å²) in [6.45, 7) is 0. The number of rotatable bonds is 8. The van der Waals surface area contributed by atoms with E-state index < -0.39 is 34.7 Å².